The van der Waals surface area contributed by atoms with E-state index in [-0.39, 0.29) is 0 Å². The molecule has 2 rings (SSSR count). The Bertz CT molecular complexity index is 347. The Labute approximate surface area is 91.1 Å². The lowest BCUT2D eigenvalue weighted by Gasteiger charge is -2.20. The Kier molecular flexibility index (Phi) is 3.00. The highest BCUT2D eigenvalue weighted by molar-refractivity contribution is 5.22. The normalized spacial score (nSPS) is 20.4. The van der Waals surface area contributed by atoms with Crippen LogP contribution in [0.5, 0.6) is 0 Å². The van der Waals surface area contributed by atoms with Crippen LogP contribution < -0.4 is 5.73 Å². The van der Waals surface area contributed by atoms with Crippen LogP contribution >= 0.6 is 0 Å². The molecule has 0 saturated heterocycles. The van der Waals surface area contributed by atoms with Crippen molar-refractivity contribution < 1.29 is 0 Å². The number of aromatic nitrogens is 2. The fourth-order valence-electron chi connectivity index (χ4n) is 2.04. The van der Waals surface area contributed by atoms with E-state index in [0.717, 1.165) is 31.5 Å². The number of rotatable bonds is 2. The molecule has 1 atom stereocenters. The minimum absolute atomic E-state index is 0.303. The summed E-state index contributed by atoms with van der Waals surface area (Å²) >= 11 is 0. The van der Waals surface area contributed by atoms with Crippen molar-refractivity contribution in [3.05, 3.63) is 23.3 Å². The van der Waals surface area contributed by atoms with Crippen molar-refractivity contribution in [3.63, 3.8) is 0 Å². The van der Waals surface area contributed by atoms with Crippen molar-refractivity contribution in [2.75, 3.05) is 0 Å². The molecule has 1 aliphatic rings. The Morgan fingerprint density at radius 1 is 1.53 bits per heavy atom. The topological polar surface area (TPSA) is 51.8 Å². The number of fused-ring (bicyclic) bond motifs is 1. The van der Waals surface area contributed by atoms with Gasteiger partial charge in [0.25, 0.3) is 0 Å². The summed E-state index contributed by atoms with van der Waals surface area (Å²) < 4.78 is 0. The maximum absolute atomic E-state index is 5.91. The fraction of sp³-hybridized carbons (Fsp3) is 0.667. The van der Waals surface area contributed by atoms with E-state index < -0.39 is 0 Å². The molecule has 0 radical (unpaired) electrons. The smallest absolute Gasteiger partial charge is 0.128 e. The van der Waals surface area contributed by atoms with Crippen LogP contribution in [-0.2, 0) is 19.3 Å². The zero-order valence-corrected chi connectivity index (χ0v) is 9.53. The SMILES string of the molecule is CC(C)Cc1ncc2c(n1)CCC(N)C2. The van der Waals surface area contributed by atoms with E-state index in [1.54, 1.807) is 0 Å². The van der Waals surface area contributed by atoms with Crippen molar-refractivity contribution in [2.45, 2.75) is 45.6 Å². The average Bonchev–Trinajstić information content (AvgIpc) is 2.17. The molecule has 0 amide bonds. The molecular formula is C12H19N3. The molecule has 0 fully saturated rings. The van der Waals surface area contributed by atoms with Crippen molar-refractivity contribution in [1.29, 1.82) is 0 Å². The van der Waals surface area contributed by atoms with Crippen LogP contribution in [0, 0.1) is 5.92 Å². The highest BCUT2D eigenvalue weighted by Gasteiger charge is 2.17. The zero-order valence-electron chi connectivity index (χ0n) is 9.53. The molecule has 0 aliphatic heterocycles. The Balaban J connectivity index is 2.19. The van der Waals surface area contributed by atoms with Crippen LogP contribution in [0.25, 0.3) is 0 Å². The molecule has 3 heteroatoms. The van der Waals surface area contributed by atoms with Gasteiger partial charge in [-0.2, -0.15) is 0 Å². The summed E-state index contributed by atoms with van der Waals surface area (Å²) in [6.07, 6.45) is 5.96. The first kappa shape index (κ1) is 10.6. The maximum atomic E-state index is 5.91. The zero-order chi connectivity index (χ0) is 10.8. The molecule has 82 valence electrons. The first-order valence-corrected chi connectivity index (χ1v) is 5.74. The van der Waals surface area contributed by atoms with Crippen LogP contribution in [0.1, 0.15) is 37.4 Å². The minimum atomic E-state index is 0.303. The van der Waals surface area contributed by atoms with Gasteiger partial charge in [0.15, 0.2) is 0 Å². The summed E-state index contributed by atoms with van der Waals surface area (Å²) in [4.78, 5) is 9.02. The van der Waals surface area contributed by atoms with Gasteiger partial charge in [-0.15, -0.1) is 0 Å². The monoisotopic (exact) mass is 205 g/mol. The van der Waals surface area contributed by atoms with Crippen LogP contribution in [0.4, 0.5) is 0 Å². The predicted molar refractivity (Wildman–Crippen MR) is 60.6 cm³/mol. The molecule has 0 aromatic carbocycles. The Morgan fingerprint density at radius 3 is 3.07 bits per heavy atom. The summed E-state index contributed by atoms with van der Waals surface area (Å²) in [5.74, 6) is 1.60. The van der Waals surface area contributed by atoms with Gasteiger partial charge in [0.2, 0.25) is 0 Å². The number of nitrogens with two attached hydrogens (primary N) is 1. The first-order chi connectivity index (χ1) is 7.15. The first-order valence-electron chi connectivity index (χ1n) is 5.74. The molecule has 15 heavy (non-hydrogen) atoms. The number of aryl methyl sites for hydroxylation is 1. The molecule has 3 nitrogen and oxygen atoms in total. The molecule has 1 aromatic heterocycles. The molecule has 1 aliphatic carbocycles. The summed E-state index contributed by atoms with van der Waals surface area (Å²) in [7, 11) is 0. The van der Waals surface area contributed by atoms with E-state index in [1.165, 1.54) is 11.3 Å². The maximum Gasteiger partial charge on any atom is 0.128 e. The van der Waals surface area contributed by atoms with Crippen LogP contribution in [0.3, 0.4) is 0 Å². The van der Waals surface area contributed by atoms with E-state index in [9.17, 15) is 0 Å². The second-order valence-corrected chi connectivity index (χ2v) is 4.86. The molecule has 0 spiro atoms. The van der Waals surface area contributed by atoms with Crippen LogP contribution in [0.15, 0.2) is 6.20 Å². The highest BCUT2D eigenvalue weighted by Crippen LogP contribution is 2.18. The summed E-state index contributed by atoms with van der Waals surface area (Å²) in [6.45, 7) is 4.39. The van der Waals surface area contributed by atoms with Crippen molar-refractivity contribution in [2.24, 2.45) is 11.7 Å². The van der Waals surface area contributed by atoms with Crippen molar-refractivity contribution in [3.8, 4) is 0 Å². The molecule has 1 unspecified atom stereocenters. The lowest BCUT2D eigenvalue weighted by Crippen LogP contribution is -2.28. The summed E-state index contributed by atoms with van der Waals surface area (Å²) in [5.41, 5.74) is 8.39. The van der Waals surface area contributed by atoms with E-state index >= 15 is 0 Å². The molecule has 1 aromatic rings. The molecule has 0 bridgehead atoms. The quantitative estimate of drug-likeness (QED) is 0.796. The third-order valence-corrected chi connectivity index (χ3v) is 2.83. The minimum Gasteiger partial charge on any atom is -0.327 e. The van der Waals surface area contributed by atoms with E-state index in [0.29, 0.717) is 12.0 Å². The second kappa shape index (κ2) is 4.27. The lowest BCUT2D eigenvalue weighted by molar-refractivity contribution is 0.552. The van der Waals surface area contributed by atoms with Gasteiger partial charge in [-0.1, -0.05) is 13.8 Å². The lowest BCUT2D eigenvalue weighted by atomic mass is 9.93. The standard InChI is InChI=1S/C12H19N3/c1-8(2)5-12-14-7-9-6-10(13)3-4-11(9)15-12/h7-8,10H,3-6,13H2,1-2H3. The number of nitrogens with zero attached hydrogens (tertiary/aromatic N) is 2. The van der Waals surface area contributed by atoms with Crippen molar-refractivity contribution in [1.82, 2.24) is 9.97 Å². The number of hydrogen-bond donors (Lipinski definition) is 1. The van der Waals surface area contributed by atoms with Crippen LogP contribution in [0.2, 0.25) is 0 Å². The van der Waals surface area contributed by atoms with E-state index in [1.807, 2.05) is 6.20 Å². The average molecular weight is 205 g/mol. The fourth-order valence-corrected chi connectivity index (χ4v) is 2.04. The van der Waals surface area contributed by atoms with Gasteiger partial charge in [0.1, 0.15) is 5.82 Å². The number of hydrogen-bond acceptors (Lipinski definition) is 3. The van der Waals surface area contributed by atoms with Gasteiger partial charge in [-0.3, -0.25) is 0 Å². The molecular weight excluding hydrogens is 186 g/mol. The summed E-state index contributed by atoms with van der Waals surface area (Å²) in [5, 5.41) is 0. The third kappa shape index (κ3) is 2.53. The van der Waals surface area contributed by atoms with E-state index in [2.05, 4.69) is 23.8 Å². The molecule has 2 N–H and O–H groups in total. The molecule has 1 heterocycles. The van der Waals surface area contributed by atoms with Gasteiger partial charge >= 0.3 is 0 Å². The Morgan fingerprint density at radius 2 is 2.33 bits per heavy atom. The van der Waals surface area contributed by atoms with Gasteiger partial charge in [0, 0.05) is 24.4 Å². The highest BCUT2D eigenvalue weighted by atomic mass is 14.9. The predicted octanol–water partition coefficient (Wildman–Crippen LogP) is 1.49. The van der Waals surface area contributed by atoms with Crippen molar-refractivity contribution >= 4 is 0 Å². The van der Waals surface area contributed by atoms with Gasteiger partial charge < -0.3 is 5.73 Å². The van der Waals surface area contributed by atoms with Gasteiger partial charge in [-0.05, 0) is 30.7 Å². The van der Waals surface area contributed by atoms with Gasteiger partial charge in [0.05, 0.1) is 0 Å². The van der Waals surface area contributed by atoms with Crippen LogP contribution in [-0.4, -0.2) is 16.0 Å². The summed E-state index contributed by atoms with van der Waals surface area (Å²) in [6, 6.07) is 0.303. The van der Waals surface area contributed by atoms with Gasteiger partial charge in [-0.25, -0.2) is 9.97 Å². The second-order valence-electron chi connectivity index (χ2n) is 4.86. The van der Waals surface area contributed by atoms with E-state index in [4.69, 9.17) is 5.73 Å². The molecule has 0 saturated carbocycles. The Hall–Kier alpha value is -0.960. The largest absolute Gasteiger partial charge is 0.327 e. The third-order valence-electron chi connectivity index (χ3n) is 2.83.